The first-order chi connectivity index (χ1) is 11.9. The van der Waals surface area contributed by atoms with Crippen LogP contribution in [0.2, 0.25) is 10.0 Å². The van der Waals surface area contributed by atoms with Crippen molar-refractivity contribution >= 4 is 46.8 Å². The van der Waals surface area contributed by atoms with Crippen LogP contribution < -0.4 is 5.32 Å². The molecule has 1 atom stereocenters. The van der Waals surface area contributed by atoms with Gasteiger partial charge in [0.2, 0.25) is 0 Å². The summed E-state index contributed by atoms with van der Waals surface area (Å²) >= 11 is 13.3. The van der Waals surface area contributed by atoms with Crippen molar-refractivity contribution in [3.63, 3.8) is 0 Å². The molecule has 0 spiro atoms. The molecule has 0 bridgehead atoms. The summed E-state index contributed by atoms with van der Waals surface area (Å²) in [5.41, 5.74) is 1.15. The topological polar surface area (TPSA) is 55.4 Å². The molecule has 0 saturated heterocycles. The summed E-state index contributed by atoms with van der Waals surface area (Å²) < 4.78 is 5.06. The van der Waals surface area contributed by atoms with Gasteiger partial charge in [0, 0.05) is 9.92 Å². The van der Waals surface area contributed by atoms with E-state index in [0.29, 0.717) is 5.02 Å². The summed E-state index contributed by atoms with van der Waals surface area (Å²) in [5, 5.41) is 3.68. The number of esters is 1. The number of benzene rings is 2. The Morgan fingerprint density at radius 2 is 1.84 bits per heavy atom. The monoisotopic (exact) mass is 397 g/mol. The highest BCUT2D eigenvalue weighted by atomic mass is 35.5. The Hall–Kier alpha value is -1.69. The molecule has 0 fully saturated rings. The lowest BCUT2D eigenvalue weighted by atomic mass is 10.1. The number of nitrogens with one attached hydrogen (secondary N) is 1. The number of hydrogen-bond donors (Lipinski definition) is 1. The lowest BCUT2D eigenvalue weighted by Gasteiger charge is -2.14. The van der Waals surface area contributed by atoms with Crippen molar-refractivity contribution in [1.82, 2.24) is 5.32 Å². The Balaban J connectivity index is 1.91. The molecule has 0 aliphatic heterocycles. The standard InChI is InChI=1S/C18H17Cl2NO3S/c1-11(12-3-5-13(19)6-4-12)21-17(22)10-24-18(23)15-9-14(25-2)7-8-16(15)20/h3-9,11H,10H2,1-2H3,(H,21,22)/t11-/m1/s1. The van der Waals surface area contributed by atoms with E-state index < -0.39 is 11.9 Å². The highest BCUT2D eigenvalue weighted by Gasteiger charge is 2.16. The summed E-state index contributed by atoms with van der Waals surface area (Å²) in [4.78, 5) is 25.0. The minimum Gasteiger partial charge on any atom is -0.452 e. The van der Waals surface area contributed by atoms with Gasteiger partial charge in [0.15, 0.2) is 6.61 Å². The molecule has 2 aromatic carbocycles. The van der Waals surface area contributed by atoms with Crippen molar-refractivity contribution in [2.45, 2.75) is 17.9 Å². The zero-order valence-electron chi connectivity index (χ0n) is 13.7. The molecule has 132 valence electrons. The predicted octanol–water partition coefficient (Wildman–Crippen LogP) is 4.75. The number of halogens is 2. The maximum atomic E-state index is 12.1. The number of thioether (sulfide) groups is 1. The number of carbonyl (C=O) groups excluding carboxylic acids is 2. The average Bonchev–Trinajstić information content (AvgIpc) is 2.60. The second kappa shape index (κ2) is 9.13. The van der Waals surface area contributed by atoms with Crippen molar-refractivity contribution in [2.75, 3.05) is 12.9 Å². The van der Waals surface area contributed by atoms with Crippen molar-refractivity contribution in [3.8, 4) is 0 Å². The Kier molecular flexibility index (Phi) is 7.17. The van der Waals surface area contributed by atoms with Crippen LogP contribution in [0.15, 0.2) is 47.4 Å². The molecule has 2 rings (SSSR count). The van der Waals surface area contributed by atoms with E-state index >= 15 is 0 Å². The van der Waals surface area contributed by atoms with Gasteiger partial charge in [-0.05, 0) is 49.1 Å². The second-order valence-corrected chi connectivity index (χ2v) is 6.99. The molecule has 4 nitrogen and oxygen atoms in total. The van der Waals surface area contributed by atoms with Crippen molar-refractivity contribution in [3.05, 3.63) is 63.6 Å². The Morgan fingerprint density at radius 1 is 1.16 bits per heavy atom. The van der Waals surface area contributed by atoms with Gasteiger partial charge in [-0.3, -0.25) is 4.79 Å². The fourth-order valence-corrected chi connectivity index (χ4v) is 2.88. The van der Waals surface area contributed by atoms with E-state index in [1.54, 1.807) is 24.3 Å². The van der Waals surface area contributed by atoms with Gasteiger partial charge in [0.05, 0.1) is 16.6 Å². The van der Waals surface area contributed by atoms with Gasteiger partial charge < -0.3 is 10.1 Å². The molecule has 0 aromatic heterocycles. The Bertz CT molecular complexity index is 765. The molecule has 0 saturated carbocycles. The number of carbonyl (C=O) groups is 2. The van der Waals surface area contributed by atoms with Crippen LogP contribution in [0.1, 0.15) is 28.9 Å². The normalized spacial score (nSPS) is 11.7. The van der Waals surface area contributed by atoms with E-state index in [2.05, 4.69) is 5.32 Å². The average molecular weight is 398 g/mol. The maximum absolute atomic E-state index is 12.1. The van der Waals surface area contributed by atoms with Crippen LogP contribution in [-0.4, -0.2) is 24.7 Å². The fraction of sp³-hybridized carbons (Fsp3) is 0.222. The van der Waals surface area contributed by atoms with Crippen LogP contribution in [0.3, 0.4) is 0 Å². The molecule has 0 radical (unpaired) electrons. The van der Waals surface area contributed by atoms with Gasteiger partial charge in [-0.15, -0.1) is 11.8 Å². The van der Waals surface area contributed by atoms with Gasteiger partial charge in [-0.25, -0.2) is 4.79 Å². The first-order valence-corrected chi connectivity index (χ1v) is 9.44. The van der Waals surface area contributed by atoms with Crippen molar-refractivity contribution in [2.24, 2.45) is 0 Å². The summed E-state index contributed by atoms with van der Waals surface area (Å²) in [5.74, 6) is -1.02. The van der Waals surface area contributed by atoms with Gasteiger partial charge in [-0.2, -0.15) is 0 Å². The fourth-order valence-electron chi connectivity index (χ4n) is 2.11. The van der Waals surface area contributed by atoms with Crippen LogP contribution >= 0.6 is 35.0 Å². The molecule has 7 heteroatoms. The van der Waals surface area contributed by atoms with Gasteiger partial charge >= 0.3 is 5.97 Å². The summed E-state index contributed by atoms with van der Waals surface area (Å²) in [6, 6.07) is 12.0. The molecule has 0 aliphatic rings. The molecule has 0 unspecified atom stereocenters. The quantitative estimate of drug-likeness (QED) is 0.564. The lowest BCUT2D eigenvalue weighted by Crippen LogP contribution is -2.31. The van der Waals surface area contributed by atoms with Crippen LogP contribution in [0.5, 0.6) is 0 Å². The minimum atomic E-state index is -0.629. The zero-order valence-corrected chi connectivity index (χ0v) is 16.0. The minimum absolute atomic E-state index is 0.230. The van der Waals surface area contributed by atoms with Gasteiger partial charge in [0.1, 0.15) is 0 Å². The van der Waals surface area contributed by atoms with Gasteiger partial charge in [0.25, 0.3) is 5.91 Å². The first kappa shape index (κ1) is 19.6. The first-order valence-electron chi connectivity index (χ1n) is 7.46. The molecule has 1 N–H and O–H groups in total. The number of rotatable bonds is 6. The smallest absolute Gasteiger partial charge is 0.340 e. The number of hydrogen-bond acceptors (Lipinski definition) is 4. The maximum Gasteiger partial charge on any atom is 0.340 e. The molecule has 25 heavy (non-hydrogen) atoms. The number of ether oxygens (including phenoxy) is 1. The molecule has 0 aliphatic carbocycles. The van der Waals surface area contributed by atoms with E-state index in [0.717, 1.165) is 10.5 Å². The largest absolute Gasteiger partial charge is 0.452 e. The summed E-state index contributed by atoms with van der Waals surface area (Å²) in [7, 11) is 0. The lowest BCUT2D eigenvalue weighted by molar-refractivity contribution is -0.124. The van der Waals surface area contributed by atoms with E-state index in [9.17, 15) is 9.59 Å². The van der Waals surface area contributed by atoms with Crippen molar-refractivity contribution < 1.29 is 14.3 Å². The predicted molar refractivity (Wildman–Crippen MR) is 102 cm³/mol. The molecular weight excluding hydrogens is 381 g/mol. The van der Waals surface area contributed by atoms with E-state index in [1.165, 1.54) is 11.8 Å². The third-order valence-corrected chi connectivity index (χ3v) is 4.78. The molecular formula is C18H17Cl2NO3S. The van der Waals surface area contributed by atoms with Crippen LogP contribution in [-0.2, 0) is 9.53 Å². The summed E-state index contributed by atoms with van der Waals surface area (Å²) in [6.45, 7) is 1.46. The van der Waals surface area contributed by atoms with Crippen LogP contribution in [0, 0.1) is 0 Å². The SMILES string of the molecule is CSc1ccc(Cl)c(C(=O)OCC(=O)N[C@H](C)c2ccc(Cl)cc2)c1. The van der Waals surface area contributed by atoms with E-state index in [4.69, 9.17) is 27.9 Å². The molecule has 1 amide bonds. The zero-order chi connectivity index (χ0) is 18.4. The van der Waals surface area contributed by atoms with Crippen molar-refractivity contribution in [1.29, 1.82) is 0 Å². The molecule has 2 aromatic rings. The molecule has 0 heterocycles. The highest BCUT2D eigenvalue weighted by Crippen LogP contribution is 2.23. The number of amides is 1. The van der Waals surface area contributed by atoms with E-state index in [-0.39, 0.29) is 23.2 Å². The van der Waals surface area contributed by atoms with Crippen LogP contribution in [0.25, 0.3) is 0 Å². The highest BCUT2D eigenvalue weighted by molar-refractivity contribution is 7.98. The third kappa shape index (κ3) is 5.66. The van der Waals surface area contributed by atoms with Crippen LogP contribution in [0.4, 0.5) is 0 Å². The second-order valence-electron chi connectivity index (χ2n) is 5.26. The van der Waals surface area contributed by atoms with E-state index in [1.807, 2.05) is 31.4 Å². The van der Waals surface area contributed by atoms with Gasteiger partial charge in [-0.1, -0.05) is 35.3 Å². The Morgan fingerprint density at radius 3 is 2.48 bits per heavy atom. The third-order valence-electron chi connectivity index (χ3n) is 3.48. The Labute approximate surface area is 160 Å². The summed E-state index contributed by atoms with van der Waals surface area (Å²) in [6.07, 6.45) is 1.89.